The van der Waals surface area contributed by atoms with Crippen LogP contribution in [-0.4, -0.2) is 18.5 Å². The Morgan fingerprint density at radius 3 is 2.70 bits per heavy atom. The number of carbonyl (C=O) groups excluding carboxylic acids is 1. The molecule has 3 N–H and O–H groups in total. The van der Waals surface area contributed by atoms with E-state index in [2.05, 4.69) is 54.2 Å². The number of nitrogens with one attached hydrogen (secondary N) is 1. The zero-order valence-electron chi connectivity index (χ0n) is 12.4. The maximum Gasteiger partial charge on any atom is 0.223 e. The van der Waals surface area contributed by atoms with Crippen molar-refractivity contribution in [2.45, 2.75) is 45.1 Å². The van der Waals surface area contributed by atoms with E-state index in [9.17, 15) is 4.79 Å². The lowest BCUT2D eigenvalue weighted by Crippen LogP contribution is -2.47. The van der Waals surface area contributed by atoms with Crippen LogP contribution in [0.2, 0.25) is 0 Å². The molecule has 1 saturated carbocycles. The van der Waals surface area contributed by atoms with E-state index < -0.39 is 0 Å². The molecule has 0 bridgehead atoms. The van der Waals surface area contributed by atoms with Gasteiger partial charge in [-0.05, 0) is 43.0 Å². The Kier molecular flexibility index (Phi) is 4.55. The molecule has 0 atom stereocenters. The number of amides is 1. The summed E-state index contributed by atoms with van der Waals surface area (Å²) in [6, 6.07) is 6.50. The fourth-order valence-corrected chi connectivity index (χ4v) is 3.11. The maximum absolute atomic E-state index is 12.0. The van der Waals surface area contributed by atoms with Crippen molar-refractivity contribution < 1.29 is 4.79 Å². The summed E-state index contributed by atoms with van der Waals surface area (Å²) in [6.07, 6.45) is 1.64. The highest BCUT2D eigenvalue weighted by atomic mass is 79.9. The molecule has 4 heteroatoms. The second kappa shape index (κ2) is 5.86. The van der Waals surface area contributed by atoms with Crippen molar-refractivity contribution in [2.75, 3.05) is 6.54 Å². The van der Waals surface area contributed by atoms with Crippen LogP contribution < -0.4 is 11.1 Å². The zero-order chi connectivity index (χ0) is 14.9. The van der Waals surface area contributed by atoms with Crippen molar-refractivity contribution in [2.24, 2.45) is 11.7 Å². The molecule has 2 rings (SSSR count). The summed E-state index contributed by atoms with van der Waals surface area (Å²) < 4.78 is 1.07. The minimum atomic E-state index is -0.0879. The first-order valence-electron chi connectivity index (χ1n) is 7.09. The summed E-state index contributed by atoms with van der Waals surface area (Å²) in [6.45, 7) is 7.08. The number of nitrogens with two attached hydrogens (primary N) is 1. The van der Waals surface area contributed by atoms with Crippen LogP contribution in [0.15, 0.2) is 22.7 Å². The summed E-state index contributed by atoms with van der Waals surface area (Å²) in [5.74, 6) is 0.261. The molecule has 0 spiro atoms. The molecule has 3 nitrogen and oxygen atoms in total. The van der Waals surface area contributed by atoms with Crippen LogP contribution in [0.5, 0.6) is 0 Å². The summed E-state index contributed by atoms with van der Waals surface area (Å²) in [5.41, 5.74) is 8.15. The van der Waals surface area contributed by atoms with E-state index in [0.29, 0.717) is 6.54 Å². The molecule has 0 saturated heterocycles. The van der Waals surface area contributed by atoms with Gasteiger partial charge in [0.15, 0.2) is 0 Å². The van der Waals surface area contributed by atoms with Crippen molar-refractivity contribution in [3.05, 3.63) is 33.8 Å². The van der Waals surface area contributed by atoms with Crippen LogP contribution in [0.4, 0.5) is 0 Å². The Morgan fingerprint density at radius 1 is 1.45 bits per heavy atom. The summed E-state index contributed by atoms with van der Waals surface area (Å²) in [5, 5.41) is 3.08. The van der Waals surface area contributed by atoms with Gasteiger partial charge in [0, 0.05) is 28.4 Å². The van der Waals surface area contributed by atoms with Crippen LogP contribution >= 0.6 is 15.9 Å². The third-order valence-electron chi connectivity index (χ3n) is 4.18. The molecular formula is C16H23BrN2O. The Balaban J connectivity index is 2.00. The van der Waals surface area contributed by atoms with E-state index in [0.717, 1.165) is 17.3 Å². The molecule has 0 aliphatic heterocycles. The van der Waals surface area contributed by atoms with Crippen LogP contribution in [0.3, 0.4) is 0 Å². The Bertz CT molecular complexity index is 507. The third kappa shape index (κ3) is 3.41. The normalized spacial score (nSPS) is 22.2. The van der Waals surface area contributed by atoms with E-state index >= 15 is 0 Å². The SMILES string of the molecule is Cc1ccc(Br)cc1C(C)(C)CNC(=O)C1CC(N)C1. The van der Waals surface area contributed by atoms with Crippen LogP contribution in [0.1, 0.15) is 37.8 Å². The molecule has 1 fully saturated rings. The quantitative estimate of drug-likeness (QED) is 0.886. The molecule has 110 valence electrons. The average Bonchev–Trinajstić information content (AvgIpc) is 2.35. The average molecular weight is 339 g/mol. The van der Waals surface area contributed by atoms with Gasteiger partial charge in [0.1, 0.15) is 0 Å². The van der Waals surface area contributed by atoms with Gasteiger partial charge >= 0.3 is 0 Å². The minimum absolute atomic E-state index is 0.0879. The highest BCUT2D eigenvalue weighted by Gasteiger charge is 2.33. The molecule has 1 aromatic rings. The topological polar surface area (TPSA) is 55.1 Å². The highest BCUT2D eigenvalue weighted by molar-refractivity contribution is 9.10. The van der Waals surface area contributed by atoms with Gasteiger partial charge < -0.3 is 11.1 Å². The van der Waals surface area contributed by atoms with Crippen molar-refractivity contribution >= 4 is 21.8 Å². The fourth-order valence-electron chi connectivity index (χ4n) is 2.75. The van der Waals surface area contributed by atoms with Gasteiger partial charge in [-0.1, -0.05) is 35.8 Å². The first-order chi connectivity index (χ1) is 9.29. The molecule has 1 aliphatic carbocycles. The Labute approximate surface area is 129 Å². The van der Waals surface area contributed by atoms with Crippen molar-refractivity contribution in [3.63, 3.8) is 0 Å². The van der Waals surface area contributed by atoms with Gasteiger partial charge in [0.25, 0.3) is 0 Å². The van der Waals surface area contributed by atoms with Crippen molar-refractivity contribution in [1.82, 2.24) is 5.32 Å². The van der Waals surface area contributed by atoms with Crippen molar-refractivity contribution in [3.8, 4) is 0 Å². The smallest absolute Gasteiger partial charge is 0.223 e. The van der Waals surface area contributed by atoms with Crippen LogP contribution in [0, 0.1) is 12.8 Å². The highest BCUT2D eigenvalue weighted by Crippen LogP contribution is 2.29. The van der Waals surface area contributed by atoms with Crippen LogP contribution in [0.25, 0.3) is 0 Å². The molecule has 1 amide bonds. The second-order valence-electron chi connectivity index (χ2n) is 6.49. The van der Waals surface area contributed by atoms with E-state index in [1.54, 1.807) is 0 Å². The number of carbonyl (C=O) groups is 1. The molecule has 0 unspecified atom stereocenters. The number of benzene rings is 1. The van der Waals surface area contributed by atoms with Gasteiger partial charge in [-0.15, -0.1) is 0 Å². The number of rotatable bonds is 4. The summed E-state index contributed by atoms with van der Waals surface area (Å²) >= 11 is 3.52. The molecule has 20 heavy (non-hydrogen) atoms. The molecule has 0 heterocycles. The van der Waals surface area contributed by atoms with Crippen molar-refractivity contribution in [1.29, 1.82) is 0 Å². The van der Waals surface area contributed by atoms with E-state index in [4.69, 9.17) is 5.73 Å². The Hall–Kier alpha value is -0.870. The standard InChI is InChI=1S/C16H23BrN2O/c1-10-4-5-12(17)8-14(10)16(2,3)9-19-15(20)11-6-13(18)7-11/h4-5,8,11,13H,6-7,9,18H2,1-3H3,(H,19,20). The van der Waals surface area contributed by atoms with Gasteiger partial charge in [-0.25, -0.2) is 0 Å². The van der Waals surface area contributed by atoms with Gasteiger partial charge in [0.05, 0.1) is 0 Å². The largest absolute Gasteiger partial charge is 0.355 e. The third-order valence-corrected chi connectivity index (χ3v) is 4.67. The van der Waals surface area contributed by atoms with E-state index in [1.165, 1.54) is 11.1 Å². The Morgan fingerprint density at radius 2 is 2.10 bits per heavy atom. The zero-order valence-corrected chi connectivity index (χ0v) is 14.0. The maximum atomic E-state index is 12.0. The lowest BCUT2D eigenvalue weighted by Gasteiger charge is -2.33. The van der Waals surface area contributed by atoms with E-state index in [1.807, 2.05) is 6.07 Å². The number of halogens is 1. The van der Waals surface area contributed by atoms with Crippen LogP contribution in [-0.2, 0) is 10.2 Å². The number of aryl methyl sites for hydroxylation is 1. The molecule has 0 radical (unpaired) electrons. The predicted molar refractivity (Wildman–Crippen MR) is 85.6 cm³/mol. The van der Waals surface area contributed by atoms with Gasteiger partial charge in [-0.3, -0.25) is 4.79 Å². The van der Waals surface area contributed by atoms with Gasteiger partial charge in [-0.2, -0.15) is 0 Å². The number of hydrogen-bond acceptors (Lipinski definition) is 2. The predicted octanol–water partition coefficient (Wildman–Crippen LogP) is 2.89. The first kappa shape index (κ1) is 15.5. The summed E-state index contributed by atoms with van der Waals surface area (Å²) in [4.78, 5) is 12.0. The fraction of sp³-hybridized carbons (Fsp3) is 0.562. The first-order valence-corrected chi connectivity index (χ1v) is 7.89. The lowest BCUT2D eigenvalue weighted by atomic mass is 9.79. The minimum Gasteiger partial charge on any atom is -0.355 e. The molecule has 1 aromatic carbocycles. The molecule has 1 aliphatic rings. The lowest BCUT2D eigenvalue weighted by molar-refractivity contribution is -0.128. The molecule has 0 aromatic heterocycles. The second-order valence-corrected chi connectivity index (χ2v) is 7.41. The number of hydrogen-bond donors (Lipinski definition) is 2. The molecular weight excluding hydrogens is 316 g/mol. The summed E-state index contributed by atoms with van der Waals surface area (Å²) in [7, 11) is 0. The monoisotopic (exact) mass is 338 g/mol. The van der Waals surface area contributed by atoms with Gasteiger partial charge in [0.2, 0.25) is 5.91 Å². The van der Waals surface area contributed by atoms with E-state index in [-0.39, 0.29) is 23.3 Å².